The first-order chi connectivity index (χ1) is 11.8. The Morgan fingerprint density at radius 1 is 1.04 bits per heavy atom. The Labute approximate surface area is 153 Å². The molecule has 128 valence electrons. The van der Waals surface area contributed by atoms with Crippen molar-refractivity contribution in [3.8, 4) is 0 Å². The highest BCUT2D eigenvalue weighted by Crippen LogP contribution is 2.33. The molecule has 1 aliphatic heterocycles. The Hall–Kier alpha value is -2.37. The quantitative estimate of drug-likeness (QED) is 0.798. The first-order valence-electron chi connectivity index (χ1n) is 7.38. The van der Waals surface area contributed by atoms with E-state index in [0.717, 1.165) is 22.1 Å². The summed E-state index contributed by atoms with van der Waals surface area (Å²) in [5.41, 5.74) is 2.50. The number of carbonyl (C=O) groups is 2. The number of hydrogen-bond acceptors (Lipinski definition) is 3. The Kier molecular flexibility index (Phi) is 4.54. The molecular formula is C18H13Cl2FN2O2. The van der Waals surface area contributed by atoms with E-state index in [4.69, 9.17) is 23.2 Å². The van der Waals surface area contributed by atoms with Gasteiger partial charge in [-0.15, -0.1) is 0 Å². The van der Waals surface area contributed by atoms with Crippen LogP contribution in [0.25, 0.3) is 0 Å². The van der Waals surface area contributed by atoms with E-state index in [0.29, 0.717) is 11.4 Å². The summed E-state index contributed by atoms with van der Waals surface area (Å²) in [6.45, 7) is 3.71. The van der Waals surface area contributed by atoms with Crippen molar-refractivity contribution < 1.29 is 14.0 Å². The number of benzene rings is 2. The van der Waals surface area contributed by atoms with Crippen molar-refractivity contribution in [1.82, 2.24) is 0 Å². The molecule has 0 saturated heterocycles. The van der Waals surface area contributed by atoms with Gasteiger partial charge in [-0.1, -0.05) is 35.3 Å². The molecule has 1 N–H and O–H groups in total. The first kappa shape index (κ1) is 17.5. The van der Waals surface area contributed by atoms with Gasteiger partial charge in [0.05, 0.1) is 10.7 Å². The number of imide groups is 1. The van der Waals surface area contributed by atoms with Crippen molar-refractivity contribution in [3.63, 3.8) is 0 Å². The predicted molar refractivity (Wildman–Crippen MR) is 96.3 cm³/mol. The average Bonchev–Trinajstić information content (AvgIpc) is 2.78. The lowest BCUT2D eigenvalue weighted by Crippen LogP contribution is -2.33. The molecule has 0 aliphatic carbocycles. The minimum Gasteiger partial charge on any atom is -0.350 e. The van der Waals surface area contributed by atoms with E-state index in [1.165, 1.54) is 12.1 Å². The lowest BCUT2D eigenvalue weighted by Gasteiger charge is -2.18. The molecule has 7 heteroatoms. The van der Waals surface area contributed by atoms with E-state index in [-0.39, 0.29) is 15.8 Å². The number of nitrogens with one attached hydrogen (secondary N) is 1. The molecule has 25 heavy (non-hydrogen) atoms. The third-order valence-corrected chi connectivity index (χ3v) is 4.67. The maximum Gasteiger partial charge on any atom is 0.283 e. The minimum absolute atomic E-state index is 0.0738. The molecule has 1 aliphatic rings. The average molecular weight is 379 g/mol. The summed E-state index contributed by atoms with van der Waals surface area (Å²) >= 11 is 11.8. The fourth-order valence-electron chi connectivity index (χ4n) is 2.53. The highest BCUT2D eigenvalue weighted by molar-refractivity contribution is 6.53. The van der Waals surface area contributed by atoms with Gasteiger partial charge in [0.25, 0.3) is 11.8 Å². The van der Waals surface area contributed by atoms with Crippen LogP contribution < -0.4 is 10.2 Å². The second-order valence-corrected chi connectivity index (χ2v) is 6.39. The molecule has 0 unspecified atom stereocenters. The van der Waals surface area contributed by atoms with Gasteiger partial charge in [-0.25, -0.2) is 9.29 Å². The number of halogens is 3. The maximum absolute atomic E-state index is 13.3. The van der Waals surface area contributed by atoms with Crippen LogP contribution in [0.4, 0.5) is 15.8 Å². The Bertz CT molecular complexity index is 941. The van der Waals surface area contributed by atoms with Gasteiger partial charge in [0, 0.05) is 5.69 Å². The van der Waals surface area contributed by atoms with E-state index in [9.17, 15) is 14.0 Å². The summed E-state index contributed by atoms with van der Waals surface area (Å²) in [5, 5.41) is 2.42. The summed E-state index contributed by atoms with van der Waals surface area (Å²) in [4.78, 5) is 26.3. The van der Waals surface area contributed by atoms with E-state index in [2.05, 4.69) is 5.32 Å². The van der Waals surface area contributed by atoms with Crippen LogP contribution in [0.5, 0.6) is 0 Å². The predicted octanol–water partition coefficient (Wildman–Crippen LogP) is 4.53. The molecule has 1 heterocycles. The SMILES string of the molecule is Cc1cccc(N2C(=O)C(Cl)=C(Nc3ccc(F)c(Cl)c3)C2=O)c1C. The standard InChI is InChI=1S/C18H13Cl2FN2O2/c1-9-4-3-5-14(10(9)2)23-17(24)15(20)16(18(23)25)22-11-6-7-13(21)12(19)8-11/h3-8,22H,1-2H3. The van der Waals surface area contributed by atoms with E-state index >= 15 is 0 Å². The van der Waals surface area contributed by atoms with Crippen molar-refractivity contribution in [2.75, 3.05) is 10.2 Å². The number of rotatable bonds is 3. The summed E-state index contributed by atoms with van der Waals surface area (Å²) in [5.74, 6) is -1.78. The summed E-state index contributed by atoms with van der Waals surface area (Å²) in [6, 6.07) is 9.20. The Morgan fingerprint density at radius 2 is 1.76 bits per heavy atom. The van der Waals surface area contributed by atoms with Gasteiger partial charge < -0.3 is 5.32 Å². The largest absolute Gasteiger partial charge is 0.350 e. The van der Waals surface area contributed by atoms with Gasteiger partial charge >= 0.3 is 0 Å². The van der Waals surface area contributed by atoms with Crippen molar-refractivity contribution >= 4 is 46.4 Å². The fraction of sp³-hybridized carbons (Fsp3) is 0.111. The van der Waals surface area contributed by atoms with Crippen LogP contribution in [-0.4, -0.2) is 11.8 Å². The molecule has 0 spiro atoms. The van der Waals surface area contributed by atoms with Crippen LogP contribution in [0.3, 0.4) is 0 Å². The zero-order chi connectivity index (χ0) is 18.3. The molecule has 4 nitrogen and oxygen atoms in total. The number of aryl methyl sites for hydroxylation is 1. The van der Waals surface area contributed by atoms with E-state index in [1.54, 1.807) is 12.1 Å². The lowest BCUT2D eigenvalue weighted by molar-refractivity contribution is -0.120. The number of amides is 2. The number of nitrogens with zero attached hydrogens (tertiary/aromatic N) is 1. The van der Waals surface area contributed by atoms with Gasteiger partial charge in [0.15, 0.2) is 0 Å². The van der Waals surface area contributed by atoms with E-state index in [1.807, 2.05) is 19.9 Å². The molecule has 2 aromatic rings. The molecule has 0 aromatic heterocycles. The molecular weight excluding hydrogens is 366 g/mol. The van der Waals surface area contributed by atoms with Crippen molar-refractivity contribution in [1.29, 1.82) is 0 Å². The second kappa shape index (κ2) is 6.50. The topological polar surface area (TPSA) is 49.4 Å². The minimum atomic E-state index is -0.615. The van der Waals surface area contributed by atoms with Crippen LogP contribution in [0.2, 0.25) is 5.02 Å². The molecule has 0 saturated carbocycles. The monoisotopic (exact) mass is 378 g/mol. The zero-order valence-electron chi connectivity index (χ0n) is 13.4. The number of hydrogen-bond donors (Lipinski definition) is 1. The van der Waals surface area contributed by atoms with Crippen LogP contribution in [0, 0.1) is 19.7 Å². The molecule has 0 radical (unpaired) electrons. The molecule has 0 atom stereocenters. The van der Waals surface area contributed by atoms with Gasteiger partial charge in [0.1, 0.15) is 16.5 Å². The van der Waals surface area contributed by atoms with Crippen molar-refractivity contribution in [2.24, 2.45) is 0 Å². The van der Waals surface area contributed by atoms with Gasteiger partial charge in [-0.2, -0.15) is 0 Å². The smallest absolute Gasteiger partial charge is 0.283 e. The zero-order valence-corrected chi connectivity index (χ0v) is 14.9. The van der Waals surface area contributed by atoms with Crippen LogP contribution in [0.15, 0.2) is 47.1 Å². The molecule has 2 aromatic carbocycles. The number of anilines is 2. The maximum atomic E-state index is 13.3. The van der Waals surface area contributed by atoms with Crippen molar-refractivity contribution in [2.45, 2.75) is 13.8 Å². The molecule has 2 amide bonds. The Balaban J connectivity index is 1.96. The highest BCUT2D eigenvalue weighted by Gasteiger charge is 2.39. The molecule has 0 fully saturated rings. The third kappa shape index (κ3) is 3.01. The normalized spacial score (nSPS) is 14.5. The lowest BCUT2D eigenvalue weighted by atomic mass is 10.1. The van der Waals surface area contributed by atoms with Gasteiger partial charge in [-0.3, -0.25) is 9.59 Å². The highest BCUT2D eigenvalue weighted by atomic mass is 35.5. The molecule has 0 bridgehead atoms. The Morgan fingerprint density at radius 3 is 2.44 bits per heavy atom. The third-order valence-electron chi connectivity index (χ3n) is 4.03. The first-order valence-corrected chi connectivity index (χ1v) is 8.13. The van der Waals surface area contributed by atoms with Gasteiger partial charge in [-0.05, 0) is 49.2 Å². The number of carbonyl (C=O) groups excluding carboxylic acids is 2. The van der Waals surface area contributed by atoms with E-state index < -0.39 is 17.6 Å². The molecule has 3 rings (SSSR count). The van der Waals surface area contributed by atoms with Crippen LogP contribution in [-0.2, 0) is 9.59 Å². The second-order valence-electron chi connectivity index (χ2n) is 5.61. The fourth-order valence-corrected chi connectivity index (χ4v) is 2.92. The van der Waals surface area contributed by atoms with Crippen LogP contribution in [0.1, 0.15) is 11.1 Å². The summed E-state index contributed by atoms with van der Waals surface area (Å²) in [7, 11) is 0. The van der Waals surface area contributed by atoms with Gasteiger partial charge in [0.2, 0.25) is 0 Å². The summed E-state index contributed by atoms with van der Waals surface area (Å²) < 4.78 is 13.3. The van der Waals surface area contributed by atoms with Crippen LogP contribution >= 0.6 is 23.2 Å². The van der Waals surface area contributed by atoms with Crippen molar-refractivity contribution in [3.05, 3.63) is 69.1 Å². The summed E-state index contributed by atoms with van der Waals surface area (Å²) in [6.07, 6.45) is 0.